The first-order valence-electron chi connectivity index (χ1n) is 9.62. The third-order valence-corrected chi connectivity index (χ3v) is 4.50. The lowest BCUT2D eigenvalue weighted by molar-refractivity contribution is -0.118. The van der Waals surface area contributed by atoms with Crippen molar-refractivity contribution in [2.45, 2.75) is 6.92 Å². The van der Waals surface area contributed by atoms with Gasteiger partial charge in [-0.05, 0) is 42.6 Å². The smallest absolute Gasteiger partial charge is 0.251 e. The van der Waals surface area contributed by atoms with E-state index in [1.54, 1.807) is 25.3 Å². The minimum atomic E-state index is -0.135. The first-order valence-corrected chi connectivity index (χ1v) is 10.8. The fraction of sp³-hybridized carbons (Fsp3) is 0.318. The van der Waals surface area contributed by atoms with E-state index in [1.165, 1.54) is 18.0 Å². The number of carbonyl (C=O) groups is 2. The molecule has 0 heterocycles. The van der Waals surface area contributed by atoms with Gasteiger partial charge in [-0.25, -0.2) is 5.43 Å². The van der Waals surface area contributed by atoms with E-state index >= 15 is 0 Å². The molecule has 3 N–H and O–H groups in total. The number of rotatable bonds is 10. The Hall–Kier alpha value is -2.84. The van der Waals surface area contributed by atoms with Crippen LogP contribution in [-0.4, -0.2) is 56.8 Å². The third kappa shape index (κ3) is 11.2. The molecule has 0 bridgehead atoms. The van der Waals surface area contributed by atoms with Crippen molar-refractivity contribution < 1.29 is 14.3 Å². The summed E-state index contributed by atoms with van der Waals surface area (Å²) in [6.07, 6.45) is 1.53. The number of para-hydroxylation sites is 1. The van der Waals surface area contributed by atoms with Crippen LogP contribution in [0.2, 0.25) is 0 Å². The van der Waals surface area contributed by atoms with Gasteiger partial charge in [-0.15, -0.1) is 0 Å². The molecule has 0 aromatic heterocycles. The van der Waals surface area contributed by atoms with Gasteiger partial charge < -0.3 is 15.4 Å². The number of methoxy groups -OCH3 is 1. The molecule has 2 aromatic carbocycles. The molecule has 0 saturated heterocycles. The zero-order valence-corrected chi connectivity index (χ0v) is 18.5. The molecule has 8 heteroatoms. The van der Waals surface area contributed by atoms with Crippen molar-refractivity contribution in [3.63, 3.8) is 0 Å². The highest BCUT2D eigenvalue weighted by Gasteiger charge is 2.04. The van der Waals surface area contributed by atoms with Gasteiger partial charge in [0.15, 0.2) is 0 Å². The summed E-state index contributed by atoms with van der Waals surface area (Å²) in [6.45, 7) is 3.28. The van der Waals surface area contributed by atoms with Crippen molar-refractivity contribution in [1.82, 2.24) is 16.1 Å². The SMILES string of the molecule is CCSCC(=O)N/N=C/c1cccc(C(=O)NCCNC)c1.COc1ccccc1. The second kappa shape index (κ2) is 16.0. The normalized spacial score (nSPS) is 10.1. The van der Waals surface area contributed by atoms with E-state index in [2.05, 4.69) is 21.2 Å². The highest BCUT2D eigenvalue weighted by molar-refractivity contribution is 7.99. The summed E-state index contributed by atoms with van der Waals surface area (Å²) in [5, 5.41) is 9.66. The zero-order valence-electron chi connectivity index (χ0n) is 17.7. The van der Waals surface area contributed by atoms with Crippen LogP contribution < -0.4 is 20.8 Å². The van der Waals surface area contributed by atoms with Crippen LogP contribution in [-0.2, 0) is 4.79 Å². The predicted molar refractivity (Wildman–Crippen MR) is 124 cm³/mol. The monoisotopic (exact) mass is 430 g/mol. The van der Waals surface area contributed by atoms with Crippen LogP contribution >= 0.6 is 11.8 Å². The number of nitrogens with one attached hydrogen (secondary N) is 3. The fourth-order valence-corrected chi connectivity index (χ4v) is 2.58. The molecule has 0 spiro atoms. The maximum atomic E-state index is 11.9. The van der Waals surface area contributed by atoms with Crippen molar-refractivity contribution in [2.24, 2.45) is 5.10 Å². The Morgan fingerprint density at radius 2 is 1.87 bits per heavy atom. The standard InChI is InChI=1S/C15H22N4O2S.C7H8O/c1-3-22-11-14(20)19-18-10-12-5-4-6-13(9-12)15(21)17-8-7-16-2;1-8-7-5-3-2-4-6-7/h4-6,9-10,16H,3,7-8,11H2,1-2H3,(H,17,21)(H,19,20);2-6H,1H3/b18-10+;. The summed E-state index contributed by atoms with van der Waals surface area (Å²) in [7, 11) is 3.49. The van der Waals surface area contributed by atoms with Gasteiger partial charge in [0.25, 0.3) is 5.91 Å². The van der Waals surface area contributed by atoms with E-state index in [0.717, 1.165) is 17.1 Å². The lowest BCUT2D eigenvalue weighted by Crippen LogP contribution is -2.30. The Labute approximate surface area is 182 Å². The number of hydrogen-bond acceptors (Lipinski definition) is 6. The van der Waals surface area contributed by atoms with Gasteiger partial charge in [0.1, 0.15) is 5.75 Å². The topological polar surface area (TPSA) is 91.8 Å². The van der Waals surface area contributed by atoms with Gasteiger partial charge in [0.05, 0.1) is 19.1 Å². The number of amides is 2. The van der Waals surface area contributed by atoms with Gasteiger partial charge in [0.2, 0.25) is 5.91 Å². The number of carbonyl (C=O) groups excluding carboxylic acids is 2. The molecule has 0 fully saturated rings. The van der Waals surface area contributed by atoms with Crippen LogP contribution in [0.5, 0.6) is 5.75 Å². The van der Waals surface area contributed by atoms with E-state index in [1.807, 2.05) is 50.4 Å². The number of hydrogen-bond donors (Lipinski definition) is 3. The van der Waals surface area contributed by atoms with Crippen molar-refractivity contribution in [2.75, 3.05) is 38.8 Å². The molecule has 162 valence electrons. The van der Waals surface area contributed by atoms with Crippen molar-refractivity contribution in [1.29, 1.82) is 0 Å². The summed E-state index contributed by atoms with van der Waals surface area (Å²) >= 11 is 1.53. The molecule has 7 nitrogen and oxygen atoms in total. The molecule has 30 heavy (non-hydrogen) atoms. The molecular weight excluding hydrogens is 400 g/mol. The van der Waals surface area contributed by atoms with Crippen molar-refractivity contribution in [3.8, 4) is 5.75 Å². The van der Waals surface area contributed by atoms with Crippen LogP contribution in [0.15, 0.2) is 59.7 Å². The maximum Gasteiger partial charge on any atom is 0.251 e. The Kier molecular flexibility index (Phi) is 13.4. The lowest BCUT2D eigenvalue weighted by Gasteiger charge is -2.05. The number of nitrogens with zero attached hydrogens (tertiary/aromatic N) is 1. The van der Waals surface area contributed by atoms with E-state index in [9.17, 15) is 9.59 Å². The summed E-state index contributed by atoms with van der Waals surface area (Å²) in [4.78, 5) is 23.3. The average molecular weight is 431 g/mol. The first-order chi connectivity index (χ1) is 14.6. The highest BCUT2D eigenvalue weighted by atomic mass is 32.2. The number of ether oxygens (including phenoxy) is 1. The summed E-state index contributed by atoms with van der Waals surface area (Å²) < 4.78 is 4.91. The number of benzene rings is 2. The molecule has 0 radical (unpaired) electrons. The lowest BCUT2D eigenvalue weighted by atomic mass is 10.1. The highest BCUT2D eigenvalue weighted by Crippen LogP contribution is 2.05. The molecule has 0 aliphatic rings. The molecule has 0 atom stereocenters. The van der Waals surface area contributed by atoms with Crippen LogP contribution in [0.4, 0.5) is 0 Å². The molecule has 0 aliphatic heterocycles. The second-order valence-corrected chi connectivity index (χ2v) is 7.21. The summed E-state index contributed by atoms with van der Waals surface area (Å²) in [6, 6.07) is 16.7. The van der Waals surface area contributed by atoms with Crippen molar-refractivity contribution >= 4 is 29.8 Å². The largest absolute Gasteiger partial charge is 0.497 e. The molecule has 2 aromatic rings. The van der Waals surface area contributed by atoms with Gasteiger partial charge in [-0.1, -0.05) is 37.3 Å². The van der Waals surface area contributed by atoms with Gasteiger partial charge >= 0.3 is 0 Å². The number of thioether (sulfide) groups is 1. The van der Waals surface area contributed by atoms with E-state index in [-0.39, 0.29) is 11.8 Å². The summed E-state index contributed by atoms with van der Waals surface area (Å²) in [5.41, 5.74) is 3.77. The predicted octanol–water partition coefficient (Wildman–Crippen LogP) is 2.53. The second-order valence-electron chi connectivity index (χ2n) is 5.93. The Morgan fingerprint density at radius 1 is 1.10 bits per heavy atom. The van der Waals surface area contributed by atoms with Gasteiger partial charge in [0, 0.05) is 18.7 Å². The first kappa shape index (κ1) is 25.2. The molecule has 0 unspecified atom stereocenters. The van der Waals surface area contributed by atoms with Gasteiger partial charge in [-0.2, -0.15) is 16.9 Å². The quantitative estimate of drug-likeness (QED) is 0.306. The Bertz CT molecular complexity index is 785. The van der Waals surface area contributed by atoms with E-state index in [0.29, 0.717) is 24.4 Å². The molecule has 0 saturated carbocycles. The van der Waals surface area contributed by atoms with Gasteiger partial charge in [-0.3, -0.25) is 9.59 Å². The average Bonchev–Trinajstić information content (AvgIpc) is 2.79. The van der Waals surface area contributed by atoms with Crippen LogP contribution in [0, 0.1) is 0 Å². The third-order valence-electron chi connectivity index (χ3n) is 3.63. The minimum absolute atomic E-state index is 0.131. The van der Waals surface area contributed by atoms with Crippen LogP contribution in [0.3, 0.4) is 0 Å². The fourth-order valence-electron chi connectivity index (χ4n) is 2.13. The molecule has 2 rings (SSSR count). The maximum absolute atomic E-state index is 11.9. The van der Waals surface area contributed by atoms with Crippen molar-refractivity contribution in [3.05, 3.63) is 65.7 Å². The Balaban J connectivity index is 0.000000467. The molecule has 2 amide bonds. The van der Waals surface area contributed by atoms with E-state index < -0.39 is 0 Å². The Morgan fingerprint density at radius 3 is 2.50 bits per heavy atom. The zero-order chi connectivity index (χ0) is 22.0. The summed E-state index contributed by atoms with van der Waals surface area (Å²) in [5.74, 6) is 1.93. The van der Waals surface area contributed by atoms with E-state index in [4.69, 9.17) is 4.74 Å². The number of likely N-dealkylation sites (N-methyl/N-ethyl adjacent to an activating group) is 1. The van der Waals surface area contributed by atoms with Crippen LogP contribution in [0.1, 0.15) is 22.8 Å². The number of hydrazone groups is 1. The molecule has 0 aliphatic carbocycles. The van der Waals surface area contributed by atoms with Crippen LogP contribution in [0.25, 0.3) is 0 Å². The minimum Gasteiger partial charge on any atom is -0.497 e. The molecular formula is C22H30N4O3S.